The molecule has 0 aromatic heterocycles. The van der Waals surface area contributed by atoms with Crippen LogP contribution in [0.25, 0.3) is 0 Å². The summed E-state index contributed by atoms with van der Waals surface area (Å²) >= 11 is 0. The average molecular weight is 586 g/mol. The van der Waals surface area contributed by atoms with E-state index in [1.54, 1.807) is 45.7 Å². The number of hydrazine groups is 1. The number of alkyl halides is 2. The van der Waals surface area contributed by atoms with Crippen LogP contribution >= 0.6 is 0 Å². The summed E-state index contributed by atoms with van der Waals surface area (Å²) in [5.41, 5.74) is 4.33. The number of hydrogen-bond acceptors (Lipinski definition) is 9. The molecule has 218 valence electrons. The van der Waals surface area contributed by atoms with Crippen molar-refractivity contribution in [1.82, 2.24) is 15.2 Å². The average Bonchev–Trinajstić information content (AvgIpc) is 3.17. The summed E-state index contributed by atoms with van der Waals surface area (Å²) in [5, 5.41) is 9.84. The molecule has 2 aromatic carbocycles. The van der Waals surface area contributed by atoms with Crippen LogP contribution in [0.1, 0.15) is 13.8 Å². The maximum atomic E-state index is 15.1. The van der Waals surface area contributed by atoms with Crippen molar-refractivity contribution in [1.29, 1.82) is 0 Å². The Kier molecular flexibility index (Phi) is 11.2. The van der Waals surface area contributed by atoms with Gasteiger partial charge in [-0.3, -0.25) is 9.59 Å². The van der Waals surface area contributed by atoms with E-state index in [1.807, 2.05) is 5.32 Å². The van der Waals surface area contributed by atoms with Crippen molar-refractivity contribution in [3.63, 3.8) is 0 Å². The first-order valence-electron chi connectivity index (χ1n) is 12.2. The Balaban J connectivity index is 1.58. The normalized spacial score (nSPS) is 16.4. The smallest absolute Gasteiger partial charge is 0.315 e. The predicted octanol–water partition coefficient (Wildman–Crippen LogP) is 2.38. The molecular formula is C24H30F3N7O5S. The van der Waals surface area contributed by atoms with Gasteiger partial charge in [-0.2, -0.15) is 13.2 Å². The minimum absolute atomic E-state index is 0.130. The number of rotatable bonds is 12. The number of anilines is 3. The molecule has 1 aliphatic rings. The first-order chi connectivity index (χ1) is 19.1. The van der Waals surface area contributed by atoms with E-state index in [4.69, 9.17) is 0 Å². The second kappa shape index (κ2) is 14.6. The zero-order valence-corrected chi connectivity index (χ0v) is 22.6. The molecule has 4 N–H and O–H groups in total. The molecule has 0 saturated carbocycles. The summed E-state index contributed by atoms with van der Waals surface area (Å²) in [5.74, 6) is -2.27. The number of benzene rings is 2. The number of nitrogens with zero attached hydrogens (tertiary/aromatic N) is 3. The Bertz CT molecular complexity index is 1210. The van der Waals surface area contributed by atoms with Crippen LogP contribution in [0.5, 0.6) is 0 Å². The van der Waals surface area contributed by atoms with Crippen LogP contribution in [-0.2, 0) is 25.4 Å². The number of carbonyl (C=O) groups is 2. The second-order valence-corrected chi connectivity index (χ2v) is 10.2. The Labute approximate surface area is 231 Å². The second-order valence-electron chi connectivity index (χ2n) is 8.82. The number of carbonyl (C=O) groups excluding carboxylic acids is 2. The Hall–Kier alpha value is -3.76. The molecule has 12 nitrogen and oxygen atoms in total. The highest BCUT2D eigenvalue weighted by molar-refractivity contribution is 7.82. The third-order valence-corrected chi connectivity index (χ3v) is 7.31. The number of hydrogen-bond donors (Lipinski definition) is 4. The van der Waals surface area contributed by atoms with Gasteiger partial charge < -0.3 is 25.7 Å². The van der Waals surface area contributed by atoms with Crippen LogP contribution in [0.4, 0.5) is 30.2 Å². The van der Waals surface area contributed by atoms with Crippen molar-refractivity contribution in [2.24, 2.45) is 5.34 Å². The van der Waals surface area contributed by atoms with Crippen LogP contribution in [0.2, 0.25) is 0 Å². The molecule has 1 fully saturated rings. The van der Waals surface area contributed by atoms with Crippen LogP contribution < -0.4 is 26.3 Å². The van der Waals surface area contributed by atoms with E-state index in [1.165, 1.54) is 19.9 Å². The maximum absolute atomic E-state index is 15.1. The summed E-state index contributed by atoms with van der Waals surface area (Å²) in [6.07, 6.45) is -4.32. The fourth-order valence-corrected chi connectivity index (χ4v) is 4.99. The molecule has 3 rings (SSSR count). The van der Waals surface area contributed by atoms with Crippen molar-refractivity contribution in [2.45, 2.75) is 37.3 Å². The topological polar surface area (TPSA) is 144 Å². The molecule has 0 spiro atoms. The molecule has 0 radical (unpaired) electrons. The summed E-state index contributed by atoms with van der Waals surface area (Å²) in [6.45, 7) is 4.15. The van der Waals surface area contributed by atoms with E-state index in [9.17, 15) is 27.5 Å². The molecule has 3 unspecified atom stereocenters. The highest BCUT2D eigenvalue weighted by atomic mass is 32.2. The quantitative estimate of drug-likeness (QED) is 0.220. The highest BCUT2D eigenvalue weighted by Gasteiger charge is 2.26. The van der Waals surface area contributed by atoms with E-state index in [2.05, 4.69) is 26.2 Å². The van der Waals surface area contributed by atoms with Gasteiger partial charge >= 0.3 is 6.43 Å². The van der Waals surface area contributed by atoms with Gasteiger partial charge in [0.05, 0.1) is 23.2 Å². The molecule has 40 heavy (non-hydrogen) atoms. The maximum Gasteiger partial charge on any atom is 0.315 e. The summed E-state index contributed by atoms with van der Waals surface area (Å²) in [7, 11) is -1.53. The van der Waals surface area contributed by atoms with Crippen LogP contribution in [0.15, 0.2) is 52.7 Å². The van der Waals surface area contributed by atoms with E-state index < -0.39 is 41.3 Å². The minimum Gasteiger partial charge on any atom is -0.381 e. The monoisotopic (exact) mass is 585 g/mol. The minimum atomic E-state index is -3.23. The lowest BCUT2D eigenvalue weighted by molar-refractivity contribution is -0.133. The van der Waals surface area contributed by atoms with Gasteiger partial charge in [0.15, 0.2) is 11.4 Å². The third-order valence-electron chi connectivity index (χ3n) is 5.92. The van der Waals surface area contributed by atoms with Crippen molar-refractivity contribution in [3.05, 3.63) is 53.2 Å². The number of halogens is 3. The standard InChI is InChI=1S/C24H30F3N7O5S/c1-15(30-24(36)23(26)27)22(39-32-37)14-28-18-5-8-21(20(25)13-18)33-10-9-29-34(12-11-33)40(38)19-6-3-17(4-7-19)31-16(2)35/h3-8,13,15,22-23,28-29H,9-12,14H2,1-2H3,(H,30,36)(H,31,35). The molecule has 2 aromatic rings. The zero-order chi connectivity index (χ0) is 29.2. The fraction of sp³-hybridized carbons (Fsp3) is 0.417. The third kappa shape index (κ3) is 8.62. The molecule has 2 amide bonds. The molecule has 3 atom stereocenters. The van der Waals surface area contributed by atoms with Gasteiger partial charge in [0.1, 0.15) is 16.8 Å². The van der Waals surface area contributed by atoms with E-state index in [0.29, 0.717) is 48.1 Å². The first kappa shape index (κ1) is 30.8. The summed E-state index contributed by atoms with van der Waals surface area (Å²) in [4.78, 5) is 40.0. The molecular weight excluding hydrogens is 555 g/mol. The van der Waals surface area contributed by atoms with E-state index in [0.717, 1.165) is 0 Å². The summed E-state index contributed by atoms with van der Waals surface area (Å²) < 4.78 is 54.7. The van der Waals surface area contributed by atoms with Gasteiger partial charge in [-0.25, -0.2) is 14.0 Å². The lowest BCUT2D eigenvalue weighted by Crippen LogP contribution is -2.46. The Morgan fingerprint density at radius 2 is 1.82 bits per heavy atom. The van der Waals surface area contributed by atoms with Gasteiger partial charge in [0.25, 0.3) is 5.91 Å². The van der Waals surface area contributed by atoms with Crippen molar-refractivity contribution >= 4 is 39.9 Å². The molecule has 1 aliphatic heterocycles. The van der Waals surface area contributed by atoms with Gasteiger partial charge in [-0.15, -0.1) is 4.91 Å². The van der Waals surface area contributed by atoms with Gasteiger partial charge in [0, 0.05) is 44.5 Å². The number of amides is 2. The lowest BCUT2D eigenvalue weighted by atomic mass is 10.1. The number of nitrogens with one attached hydrogen (secondary N) is 4. The largest absolute Gasteiger partial charge is 0.381 e. The van der Waals surface area contributed by atoms with Crippen molar-refractivity contribution < 1.29 is 31.8 Å². The molecule has 16 heteroatoms. The Morgan fingerprint density at radius 3 is 2.45 bits per heavy atom. The van der Waals surface area contributed by atoms with Gasteiger partial charge in [-0.1, -0.05) is 0 Å². The lowest BCUT2D eigenvalue weighted by Gasteiger charge is -2.24. The molecule has 0 bridgehead atoms. The molecule has 1 saturated heterocycles. The first-order valence-corrected chi connectivity index (χ1v) is 13.4. The predicted molar refractivity (Wildman–Crippen MR) is 143 cm³/mol. The summed E-state index contributed by atoms with van der Waals surface area (Å²) in [6, 6.07) is 10.0. The van der Waals surface area contributed by atoms with Crippen LogP contribution in [-0.4, -0.2) is 71.7 Å². The van der Waals surface area contributed by atoms with Crippen molar-refractivity contribution in [2.75, 3.05) is 48.3 Å². The SMILES string of the molecule is CC(=O)Nc1ccc(S(=O)N2CCN(c3ccc(NCC(ON=O)C(C)NC(=O)C(F)F)cc3F)CCN2)cc1. The molecule has 1 heterocycles. The molecule has 0 aliphatic carbocycles. The zero-order valence-electron chi connectivity index (χ0n) is 21.7. The highest BCUT2D eigenvalue weighted by Crippen LogP contribution is 2.24. The van der Waals surface area contributed by atoms with Gasteiger partial charge in [0.2, 0.25) is 5.91 Å². The van der Waals surface area contributed by atoms with E-state index >= 15 is 4.39 Å². The van der Waals surface area contributed by atoms with Crippen LogP contribution in [0.3, 0.4) is 0 Å². The van der Waals surface area contributed by atoms with E-state index in [-0.39, 0.29) is 12.5 Å². The van der Waals surface area contributed by atoms with Gasteiger partial charge in [-0.05, 0) is 49.4 Å². The Morgan fingerprint density at radius 1 is 1.12 bits per heavy atom. The van der Waals surface area contributed by atoms with Crippen LogP contribution in [0, 0.1) is 10.7 Å². The van der Waals surface area contributed by atoms with Crippen molar-refractivity contribution in [3.8, 4) is 0 Å². The fourth-order valence-electron chi connectivity index (χ4n) is 3.91.